The van der Waals surface area contributed by atoms with Crippen molar-refractivity contribution in [1.29, 1.82) is 0 Å². The van der Waals surface area contributed by atoms with Crippen molar-refractivity contribution in [1.82, 2.24) is 9.97 Å². The monoisotopic (exact) mass is 490 g/mol. The van der Waals surface area contributed by atoms with Gasteiger partial charge in [0.2, 0.25) is 5.95 Å². The Bertz CT molecular complexity index is 1350. The summed E-state index contributed by atoms with van der Waals surface area (Å²) < 4.78 is 34.6. The number of nitrogens with zero attached hydrogens (tertiary/aromatic N) is 2. The maximum absolute atomic E-state index is 11.3. The highest BCUT2D eigenvalue weighted by Gasteiger charge is 2.19. The van der Waals surface area contributed by atoms with Crippen LogP contribution in [-0.4, -0.2) is 25.8 Å². The minimum atomic E-state index is -2.32. The quantitative estimate of drug-likeness (QED) is 0.248. The molecule has 3 aromatic carbocycles. The van der Waals surface area contributed by atoms with Gasteiger partial charge in [-0.15, -0.1) is 0 Å². The van der Waals surface area contributed by atoms with Crippen molar-refractivity contribution in [3.05, 3.63) is 95.2 Å². The van der Waals surface area contributed by atoms with E-state index in [0.717, 1.165) is 22.3 Å². The standard InChI is InChI=1S/C25H25N5O4S/c1-33-22-13-15(12-18-14-29-25(28)30-24(18)27)2-11-21(22)34-23(16-3-7-19(26)8-4-16)17-5-9-20(10-6-17)35(31)32/h2-11,13-14,23H,12,26H2,1H3,(H,31,32)(H4,27,28,29,30)/p-1. The van der Waals surface area contributed by atoms with Crippen molar-refractivity contribution in [3.8, 4) is 11.5 Å². The normalized spacial score (nSPS) is 12.6. The fraction of sp³-hybridized carbons (Fsp3) is 0.120. The van der Waals surface area contributed by atoms with Crippen LogP contribution in [0.1, 0.15) is 28.4 Å². The van der Waals surface area contributed by atoms with Crippen LogP contribution < -0.4 is 26.7 Å². The maximum atomic E-state index is 11.3. The van der Waals surface area contributed by atoms with Gasteiger partial charge >= 0.3 is 0 Å². The smallest absolute Gasteiger partial charge is 0.221 e. The lowest BCUT2D eigenvalue weighted by atomic mass is 10.0. The Kier molecular flexibility index (Phi) is 7.14. The van der Waals surface area contributed by atoms with Gasteiger partial charge in [-0.05, 0) is 64.2 Å². The average molecular weight is 491 g/mol. The molecule has 2 atom stereocenters. The van der Waals surface area contributed by atoms with E-state index >= 15 is 0 Å². The van der Waals surface area contributed by atoms with Gasteiger partial charge in [-0.1, -0.05) is 30.3 Å². The van der Waals surface area contributed by atoms with Crippen LogP contribution in [0.25, 0.3) is 0 Å². The molecule has 0 aliphatic rings. The number of benzene rings is 3. The highest BCUT2D eigenvalue weighted by molar-refractivity contribution is 7.79. The number of aromatic nitrogens is 2. The van der Waals surface area contributed by atoms with E-state index in [2.05, 4.69) is 9.97 Å². The van der Waals surface area contributed by atoms with Gasteiger partial charge in [0.15, 0.2) is 11.5 Å². The molecule has 4 rings (SSSR count). The second-order valence-electron chi connectivity index (χ2n) is 7.77. The fourth-order valence-electron chi connectivity index (χ4n) is 3.59. The summed E-state index contributed by atoms with van der Waals surface area (Å²) >= 11 is -2.32. The molecule has 4 aromatic rings. The fourth-order valence-corrected chi connectivity index (χ4v) is 3.95. The van der Waals surface area contributed by atoms with Gasteiger partial charge < -0.3 is 31.2 Å². The Morgan fingerprint density at radius 1 is 0.943 bits per heavy atom. The zero-order valence-electron chi connectivity index (χ0n) is 18.9. The molecule has 0 amide bonds. The van der Waals surface area contributed by atoms with E-state index in [4.69, 9.17) is 26.7 Å². The highest BCUT2D eigenvalue weighted by Crippen LogP contribution is 2.36. The Morgan fingerprint density at radius 3 is 2.20 bits per heavy atom. The average Bonchev–Trinajstić information content (AvgIpc) is 2.85. The topological polar surface area (TPSA) is 162 Å². The van der Waals surface area contributed by atoms with Crippen LogP contribution in [0.5, 0.6) is 11.5 Å². The van der Waals surface area contributed by atoms with Crippen molar-refractivity contribution in [3.63, 3.8) is 0 Å². The summed E-state index contributed by atoms with van der Waals surface area (Å²) in [6.07, 6.45) is 1.55. The molecule has 0 saturated heterocycles. The molecule has 0 saturated carbocycles. The number of nitrogens with two attached hydrogens (primary N) is 3. The third-order valence-corrected chi connectivity index (χ3v) is 6.06. The summed E-state index contributed by atoms with van der Waals surface area (Å²) in [6, 6.07) is 19.4. The molecule has 35 heavy (non-hydrogen) atoms. The molecule has 0 radical (unpaired) electrons. The van der Waals surface area contributed by atoms with Crippen molar-refractivity contribution in [2.24, 2.45) is 0 Å². The first-order valence-corrected chi connectivity index (χ1v) is 11.7. The largest absolute Gasteiger partial charge is 0.768 e. The number of hydrogen-bond donors (Lipinski definition) is 3. The van der Waals surface area contributed by atoms with Gasteiger partial charge in [0.05, 0.1) is 7.11 Å². The molecule has 0 spiro atoms. The molecule has 2 unspecified atom stereocenters. The van der Waals surface area contributed by atoms with Gasteiger partial charge in [0, 0.05) is 28.8 Å². The molecule has 9 nitrogen and oxygen atoms in total. The zero-order chi connectivity index (χ0) is 24.9. The van der Waals surface area contributed by atoms with Crippen LogP contribution in [0.3, 0.4) is 0 Å². The second kappa shape index (κ2) is 10.4. The summed E-state index contributed by atoms with van der Waals surface area (Å²) in [6.45, 7) is 0. The van der Waals surface area contributed by atoms with E-state index in [1.807, 2.05) is 30.3 Å². The van der Waals surface area contributed by atoms with Gasteiger partial charge in [0.25, 0.3) is 0 Å². The van der Waals surface area contributed by atoms with Gasteiger partial charge in [-0.25, -0.2) is 4.98 Å². The number of methoxy groups -OCH3 is 1. The number of nitrogen functional groups attached to an aromatic ring is 3. The van der Waals surface area contributed by atoms with Crippen LogP contribution in [0.15, 0.2) is 77.8 Å². The van der Waals surface area contributed by atoms with Crippen LogP contribution in [-0.2, 0) is 17.5 Å². The van der Waals surface area contributed by atoms with Crippen molar-refractivity contribution >= 4 is 28.5 Å². The second-order valence-corrected chi connectivity index (χ2v) is 8.71. The molecule has 0 bridgehead atoms. The first kappa shape index (κ1) is 24.0. The number of rotatable bonds is 8. The Hall–Kier alpha value is -4.15. The molecule has 10 heteroatoms. The summed E-state index contributed by atoms with van der Waals surface area (Å²) in [5.74, 6) is 1.48. The third-order valence-electron chi connectivity index (χ3n) is 5.40. The number of anilines is 3. The Labute approximate surface area is 205 Å². The summed E-state index contributed by atoms with van der Waals surface area (Å²) in [4.78, 5) is 8.20. The maximum Gasteiger partial charge on any atom is 0.221 e. The molecule has 180 valence electrons. The molecule has 0 fully saturated rings. The van der Waals surface area contributed by atoms with E-state index in [-0.39, 0.29) is 10.8 Å². The van der Waals surface area contributed by atoms with Crippen molar-refractivity contribution in [2.75, 3.05) is 24.3 Å². The van der Waals surface area contributed by atoms with Crippen LogP contribution in [0.2, 0.25) is 0 Å². The van der Waals surface area contributed by atoms with Crippen LogP contribution >= 0.6 is 0 Å². The predicted octanol–water partition coefficient (Wildman–Crippen LogP) is 3.23. The minimum Gasteiger partial charge on any atom is -0.768 e. The zero-order valence-corrected chi connectivity index (χ0v) is 19.7. The van der Waals surface area contributed by atoms with E-state index in [9.17, 15) is 8.76 Å². The van der Waals surface area contributed by atoms with Gasteiger partial charge in [-0.3, -0.25) is 4.21 Å². The SMILES string of the molecule is COc1cc(Cc2cnc(N)nc2N)ccc1OC(c1ccc(N)cc1)c1ccc(S(=O)[O-])cc1. The summed E-state index contributed by atoms with van der Waals surface area (Å²) in [7, 11) is 1.56. The lowest BCUT2D eigenvalue weighted by Gasteiger charge is -2.22. The molecule has 0 aliphatic carbocycles. The summed E-state index contributed by atoms with van der Waals surface area (Å²) in [5.41, 5.74) is 21.3. The van der Waals surface area contributed by atoms with Crippen LogP contribution in [0.4, 0.5) is 17.5 Å². The number of hydrogen-bond acceptors (Lipinski definition) is 9. The molecule has 6 N–H and O–H groups in total. The molecular formula is C25H24N5O4S-. The van der Waals surface area contributed by atoms with Crippen molar-refractivity contribution < 1.29 is 18.2 Å². The third kappa shape index (κ3) is 5.68. The molecular weight excluding hydrogens is 466 g/mol. The molecule has 0 aliphatic heterocycles. The lowest BCUT2D eigenvalue weighted by Crippen LogP contribution is -2.11. The van der Waals surface area contributed by atoms with E-state index in [1.165, 1.54) is 12.1 Å². The van der Waals surface area contributed by atoms with Crippen molar-refractivity contribution in [2.45, 2.75) is 17.4 Å². The van der Waals surface area contributed by atoms with E-state index in [0.29, 0.717) is 29.4 Å². The van der Waals surface area contributed by atoms with Gasteiger partial charge in [0.1, 0.15) is 11.9 Å². The Balaban J connectivity index is 1.66. The van der Waals surface area contributed by atoms with E-state index in [1.54, 1.807) is 37.6 Å². The van der Waals surface area contributed by atoms with E-state index < -0.39 is 17.2 Å². The lowest BCUT2D eigenvalue weighted by molar-refractivity contribution is 0.234. The first-order chi connectivity index (χ1) is 16.8. The highest BCUT2D eigenvalue weighted by atomic mass is 32.2. The predicted molar refractivity (Wildman–Crippen MR) is 134 cm³/mol. The molecule has 1 aromatic heterocycles. The Morgan fingerprint density at radius 2 is 1.60 bits per heavy atom. The van der Waals surface area contributed by atoms with Crippen LogP contribution in [0, 0.1) is 0 Å². The number of ether oxygens (including phenoxy) is 2. The summed E-state index contributed by atoms with van der Waals surface area (Å²) in [5, 5.41) is 0. The minimum absolute atomic E-state index is 0.121. The first-order valence-electron chi connectivity index (χ1n) is 10.6. The molecule has 1 heterocycles. The van der Waals surface area contributed by atoms with Gasteiger partial charge in [-0.2, -0.15) is 4.98 Å².